The number of ether oxygens (including phenoxy) is 1. The summed E-state index contributed by atoms with van der Waals surface area (Å²) in [7, 11) is 1.59. The standard InChI is InChI=1S/C17H19N3O3/c1-12-3-5-13(6-4-12)15-14(11-21)16-17(22)19(9-10-23-2)7-8-20(16)18-15/h3-8,21H,9-11H2,1-2H3. The van der Waals surface area contributed by atoms with E-state index in [1.54, 1.807) is 24.1 Å². The fourth-order valence-electron chi connectivity index (χ4n) is 2.61. The van der Waals surface area contributed by atoms with Crippen LogP contribution in [-0.4, -0.2) is 33.0 Å². The molecular weight excluding hydrogens is 294 g/mol. The number of aliphatic hydroxyl groups excluding tert-OH is 1. The molecule has 0 saturated heterocycles. The summed E-state index contributed by atoms with van der Waals surface area (Å²) in [4.78, 5) is 12.6. The van der Waals surface area contributed by atoms with Crippen LogP contribution in [0.4, 0.5) is 0 Å². The molecule has 0 fully saturated rings. The molecule has 0 spiro atoms. The normalized spacial score (nSPS) is 11.3. The van der Waals surface area contributed by atoms with Gasteiger partial charge in [0.05, 0.1) is 18.9 Å². The van der Waals surface area contributed by atoms with E-state index in [9.17, 15) is 9.90 Å². The van der Waals surface area contributed by atoms with Gasteiger partial charge in [0, 0.05) is 37.2 Å². The number of methoxy groups -OCH3 is 1. The number of nitrogens with zero attached hydrogens (tertiary/aromatic N) is 3. The van der Waals surface area contributed by atoms with Gasteiger partial charge in [-0.05, 0) is 6.92 Å². The summed E-state index contributed by atoms with van der Waals surface area (Å²) in [6, 6.07) is 7.86. The second kappa shape index (κ2) is 6.36. The lowest BCUT2D eigenvalue weighted by atomic mass is 10.1. The molecule has 0 aliphatic heterocycles. The Labute approximate surface area is 133 Å². The molecule has 1 aromatic carbocycles. The lowest BCUT2D eigenvalue weighted by molar-refractivity contribution is 0.186. The van der Waals surface area contributed by atoms with E-state index in [0.717, 1.165) is 11.1 Å². The zero-order valence-electron chi connectivity index (χ0n) is 13.2. The number of hydrogen-bond acceptors (Lipinski definition) is 4. The molecule has 0 unspecified atom stereocenters. The van der Waals surface area contributed by atoms with Crippen molar-refractivity contribution in [2.24, 2.45) is 0 Å². The van der Waals surface area contributed by atoms with Crippen molar-refractivity contribution in [1.82, 2.24) is 14.2 Å². The first-order valence-electron chi connectivity index (χ1n) is 7.43. The van der Waals surface area contributed by atoms with Crippen molar-refractivity contribution in [1.29, 1.82) is 0 Å². The van der Waals surface area contributed by atoms with Crippen LogP contribution in [0.15, 0.2) is 41.5 Å². The largest absolute Gasteiger partial charge is 0.392 e. The molecule has 3 rings (SSSR count). The lowest BCUT2D eigenvalue weighted by Crippen LogP contribution is -2.23. The highest BCUT2D eigenvalue weighted by atomic mass is 16.5. The van der Waals surface area contributed by atoms with Crippen molar-refractivity contribution < 1.29 is 9.84 Å². The number of aliphatic hydroxyl groups is 1. The third kappa shape index (κ3) is 2.78. The molecule has 23 heavy (non-hydrogen) atoms. The van der Waals surface area contributed by atoms with Crippen LogP contribution < -0.4 is 5.56 Å². The Morgan fingerprint density at radius 3 is 2.61 bits per heavy atom. The number of aromatic nitrogens is 3. The summed E-state index contributed by atoms with van der Waals surface area (Å²) in [5, 5.41) is 14.3. The van der Waals surface area contributed by atoms with E-state index in [2.05, 4.69) is 5.10 Å². The third-order valence-corrected chi connectivity index (χ3v) is 3.88. The number of rotatable bonds is 5. The first-order chi connectivity index (χ1) is 11.2. The molecule has 120 valence electrons. The van der Waals surface area contributed by atoms with Gasteiger partial charge >= 0.3 is 0 Å². The minimum absolute atomic E-state index is 0.181. The van der Waals surface area contributed by atoms with Gasteiger partial charge in [-0.15, -0.1) is 0 Å². The van der Waals surface area contributed by atoms with Crippen LogP contribution in [0.2, 0.25) is 0 Å². The van der Waals surface area contributed by atoms with Crippen molar-refractivity contribution >= 4 is 5.52 Å². The van der Waals surface area contributed by atoms with E-state index in [1.807, 2.05) is 31.2 Å². The number of fused-ring (bicyclic) bond motifs is 1. The summed E-state index contributed by atoms with van der Waals surface area (Å²) in [5.74, 6) is 0. The number of hydrogen-bond donors (Lipinski definition) is 1. The first kappa shape index (κ1) is 15.5. The minimum Gasteiger partial charge on any atom is -0.392 e. The fraction of sp³-hybridized carbons (Fsp3) is 0.294. The molecule has 2 heterocycles. The van der Waals surface area contributed by atoms with Crippen LogP contribution in [0.25, 0.3) is 16.8 Å². The van der Waals surface area contributed by atoms with E-state index in [0.29, 0.717) is 29.9 Å². The summed E-state index contributed by atoms with van der Waals surface area (Å²) >= 11 is 0. The van der Waals surface area contributed by atoms with E-state index >= 15 is 0 Å². The van der Waals surface area contributed by atoms with Gasteiger partial charge in [-0.3, -0.25) is 4.79 Å². The van der Waals surface area contributed by atoms with Crippen molar-refractivity contribution in [2.45, 2.75) is 20.1 Å². The second-order valence-electron chi connectivity index (χ2n) is 5.43. The Morgan fingerprint density at radius 1 is 1.22 bits per heavy atom. The molecule has 0 radical (unpaired) electrons. The molecule has 6 nitrogen and oxygen atoms in total. The maximum Gasteiger partial charge on any atom is 0.277 e. The molecule has 0 atom stereocenters. The van der Waals surface area contributed by atoms with Crippen molar-refractivity contribution in [3.8, 4) is 11.3 Å². The SMILES string of the molecule is COCCn1ccn2nc(-c3ccc(C)cc3)c(CO)c2c1=O. The summed E-state index contributed by atoms with van der Waals surface area (Å²) in [5.41, 5.74) is 3.43. The van der Waals surface area contributed by atoms with Crippen molar-refractivity contribution in [3.05, 3.63) is 58.1 Å². The van der Waals surface area contributed by atoms with Gasteiger partial charge in [-0.2, -0.15) is 5.10 Å². The van der Waals surface area contributed by atoms with Gasteiger partial charge in [-0.25, -0.2) is 4.52 Å². The number of aryl methyl sites for hydroxylation is 1. The smallest absolute Gasteiger partial charge is 0.277 e. The molecule has 0 saturated carbocycles. The van der Waals surface area contributed by atoms with Gasteiger partial charge in [0.15, 0.2) is 0 Å². The predicted molar refractivity (Wildman–Crippen MR) is 87.4 cm³/mol. The molecule has 1 N–H and O–H groups in total. The highest BCUT2D eigenvalue weighted by Gasteiger charge is 2.17. The maximum absolute atomic E-state index is 12.6. The lowest BCUT2D eigenvalue weighted by Gasteiger charge is -2.05. The number of benzene rings is 1. The minimum atomic E-state index is -0.240. The molecular formula is C17H19N3O3. The Kier molecular flexibility index (Phi) is 4.27. The zero-order valence-corrected chi connectivity index (χ0v) is 13.2. The average Bonchev–Trinajstić information content (AvgIpc) is 2.94. The quantitative estimate of drug-likeness (QED) is 0.777. The van der Waals surface area contributed by atoms with E-state index in [-0.39, 0.29) is 12.2 Å². The van der Waals surface area contributed by atoms with Gasteiger partial charge in [0.2, 0.25) is 0 Å². The van der Waals surface area contributed by atoms with E-state index in [1.165, 1.54) is 4.52 Å². The second-order valence-corrected chi connectivity index (χ2v) is 5.43. The van der Waals surface area contributed by atoms with Gasteiger partial charge in [-0.1, -0.05) is 29.8 Å². The van der Waals surface area contributed by atoms with Crippen LogP contribution in [0.1, 0.15) is 11.1 Å². The van der Waals surface area contributed by atoms with Crippen molar-refractivity contribution in [2.75, 3.05) is 13.7 Å². The van der Waals surface area contributed by atoms with E-state index in [4.69, 9.17) is 4.74 Å². The van der Waals surface area contributed by atoms with Gasteiger partial charge in [0.25, 0.3) is 5.56 Å². The average molecular weight is 313 g/mol. The maximum atomic E-state index is 12.6. The third-order valence-electron chi connectivity index (χ3n) is 3.88. The Morgan fingerprint density at radius 2 is 1.96 bits per heavy atom. The molecule has 0 aliphatic carbocycles. The molecule has 3 aromatic rings. The van der Waals surface area contributed by atoms with Gasteiger partial charge < -0.3 is 14.4 Å². The first-order valence-corrected chi connectivity index (χ1v) is 7.43. The Bertz CT molecular complexity index is 878. The molecule has 0 bridgehead atoms. The highest BCUT2D eigenvalue weighted by molar-refractivity contribution is 5.72. The molecule has 0 aliphatic rings. The van der Waals surface area contributed by atoms with Crippen LogP contribution in [0.5, 0.6) is 0 Å². The summed E-state index contributed by atoms with van der Waals surface area (Å²) in [6.45, 7) is 2.68. The molecule has 2 aromatic heterocycles. The fourth-order valence-corrected chi connectivity index (χ4v) is 2.61. The van der Waals surface area contributed by atoms with Gasteiger partial charge in [0.1, 0.15) is 5.52 Å². The van der Waals surface area contributed by atoms with Crippen LogP contribution in [0.3, 0.4) is 0 Å². The Balaban J connectivity index is 2.19. The van der Waals surface area contributed by atoms with E-state index < -0.39 is 0 Å². The van der Waals surface area contributed by atoms with Crippen molar-refractivity contribution in [3.63, 3.8) is 0 Å². The predicted octanol–water partition coefficient (Wildman–Crippen LogP) is 1.61. The summed E-state index contributed by atoms with van der Waals surface area (Å²) in [6.07, 6.45) is 3.41. The van der Waals surface area contributed by atoms with Crippen LogP contribution in [-0.2, 0) is 17.9 Å². The zero-order chi connectivity index (χ0) is 16.4. The molecule has 6 heteroatoms. The molecule has 0 amide bonds. The highest BCUT2D eigenvalue weighted by Crippen LogP contribution is 2.25. The Hall–Kier alpha value is -2.44. The van der Waals surface area contributed by atoms with Crippen LogP contribution in [0, 0.1) is 6.92 Å². The van der Waals surface area contributed by atoms with Crippen LogP contribution >= 0.6 is 0 Å². The summed E-state index contributed by atoms with van der Waals surface area (Å²) < 4.78 is 8.13. The topological polar surface area (TPSA) is 68.8 Å². The monoisotopic (exact) mass is 313 g/mol.